The maximum Gasteiger partial charge on any atom is 0.351 e. The van der Waals surface area contributed by atoms with Crippen molar-refractivity contribution in [2.45, 2.75) is 130 Å². The molecule has 8 nitrogen and oxygen atoms in total. The molecule has 0 amide bonds. The van der Waals surface area contributed by atoms with Gasteiger partial charge in [-0.3, -0.25) is 14.4 Å². The van der Waals surface area contributed by atoms with Crippen LogP contribution in [0.2, 0.25) is 0 Å². The summed E-state index contributed by atoms with van der Waals surface area (Å²) in [4.78, 5) is 50.6. The Labute approximate surface area is 211 Å². The topological polar surface area (TPSA) is 105 Å². The van der Waals surface area contributed by atoms with Gasteiger partial charge in [0.25, 0.3) is 0 Å². The Balaban J connectivity index is 5.40. The second-order valence-corrected chi connectivity index (χ2v) is 8.93. The van der Waals surface area contributed by atoms with Gasteiger partial charge in [0, 0.05) is 6.42 Å². The van der Waals surface area contributed by atoms with Crippen LogP contribution in [-0.2, 0) is 38.1 Å². The summed E-state index contributed by atoms with van der Waals surface area (Å²) in [6.45, 7) is 8.32. The lowest BCUT2D eigenvalue weighted by Gasteiger charge is -2.29. The molecule has 204 valence electrons. The molecule has 0 aliphatic rings. The largest absolute Gasteiger partial charge is 0.466 e. The van der Waals surface area contributed by atoms with Gasteiger partial charge in [0.05, 0.1) is 32.7 Å². The van der Waals surface area contributed by atoms with E-state index in [1.165, 1.54) is 0 Å². The van der Waals surface area contributed by atoms with E-state index in [-0.39, 0.29) is 26.2 Å². The standard InChI is InChI=1S/C27H48O8/c1-5-9-12-15-18-32-24(29)21-27(35-23(28)8-4,26(31)34-20-17-14-11-7-3)22-25(30)33-19-16-13-10-6-2/h5-22H2,1-4H3. The second-order valence-electron chi connectivity index (χ2n) is 8.93. The van der Waals surface area contributed by atoms with Crippen molar-refractivity contribution in [1.29, 1.82) is 0 Å². The molecule has 0 bridgehead atoms. The number of esters is 4. The highest BCUT2D eigenvalue weighted by Crippen LogP contribution is 2.26. The maximum absolute atomic E-state index is 13.1. The lowest BCUT2D eigenvalue weighted by atomic mass is 9.94. The summed E-state index contributed by atoms with van der Waals surface area (Å²) in [5.74, 6) is -3.06. The van der Waals surface area contributed by atoms with Crippen LogP contribution in [0.3, 0.4) is 0 Å². The molecule has 0 unspecified atom stereocenters. The van der Waals surface area contributed by atoms with Gasteiger partial charge in [-0.15, -0.1) is 0 Å². The Morgan fingerprint density at radius 2 is 0.914 bits per heavy atom. The van der Waals surface area contributed by atoms with Crippen molar-refractivity contribution in [3.05, 3.63) is 0 Å². The number of rotatable bonds is 22. The van der Waals surface area contributed by atoms with Crippen molar-refractivity contribution in [3.8, 4) is 0 Å². The molecule has 0 fully saturated rings. The summed E-state index contributed by atoms with van der Waals surface area (Å²) in [5, 5.41) is 0. The lowest BCUT2D eigenvalue weighted by Crippen LogP contribution is -2.48. The van der Waals surface area contributed by atoms with Crippen molar-refractivity contribution in [2.75, 3.05) is 19.8 Å². The number of carbonyl (C=O) groups is 4. The van der Waals surface area contributed by atoms with E-state index in [4.69, 9.17) is 18.9 Å². The van der Waals surface area contributed by atoms with Gasteiger partial charge < -0.3 is 18.9 Å². The van der Waals surface area contributed by atoms with E-state index >= 15 is 0 Å². The quantitative estimate of drug-likeness (QED) is 0.104. The Bertz CT molecular complexity index is 574. The van der Waals surface area contributed by atoms with Crippen LogP contribution in [-0.4, -0.2) is 49.3 Å². The highest BCUT2D eigenvalue weighted by molar-refractivity contribution is 5.92. The fourth-order valence-corrected chi connectivity index (χ4v) is 3.43. The van der Waals surface area contributed by atoms with Crippen LogP contribution in [0, 0.1) is 0 Å². The third-order valence-electron chi connectivity index (χ3n) is 5.58. The van der Waals surface area contributed by atoms with E-state index in [9.17, 15) is 19.2 Å². The van der Waals surface area contributed by atoms with E-state index in [0.717, 1.165) is 57.8 Å². The summed E-state index contributed by atoms with van der Waals surface area (Å²) in [5.41, 5.74) is -2.10. The van der Waals surface area contributed by atoms with Gasteiger partial charge in [-0.05, 0) is 19.3 Å². The molecule has 0 aromatic rings. The molecular weight excluding hydrogens is 452 g/mol. The number of unbranched alkanes of at least 4 members (excludes halogenated alkanes) is 9. The Morgan fingerprint density at radius 3 is 1.29 bits per heavy atom. The van der Waals surface area contributed by atoms with Crippen LogP contribution in [0.1, 0.15) is 124 Å². The van der Waals surface area contributed by atoms with Gasteiger partial charge >= 0.3 is 23.9 Å². The third kappa shape index (κ3) is 16.2. The molecule has 0 saturated carbocycles. The van der Waals surface area contributed by atoms with Crippen LogP contribution in [0.25, 0.3) is 0 Å². The highest BCUT2D eigenvalue weighted by Gasteiger charge is 2.49. The van der Waals surface area contributed by atoms with Crippen LogP contribution in [0.5, 0.6) is 0 Å². The van der Waals surface area contributed by atoms with Gasteiger partial charge in [-0.25, -0.2) is 4.79 Å². The number of carbonyl (C=O) groups excluding carboxylic acids is 4. The Morgan fingerprint density at radius 1 is 0.514 bits per heavy atom. The van der Waals surface area contributed by atoms with Crippen molar-refractivity contribution in [1.82, 2.24) is 0 Å². The van der Waals surface area contributed by atoms with Gasteiger partial charge in [0.1, 0.15) is 0 Å². The van der Waals surface area contributed by atoms with Gasteiger partial charge in [-0.1, -0.05) is 85.5 Å². The molecule has 0 aromatic heterocycles. The molecule has 0 aliphatic heterocycles. The summed E-state index contributed by atoms with van der Waals surface area (Å²) >= 11 is 0. The van der Waals surface area contributed by atoms with E-state index < -0.39 is 42.3 Å². The first kappa shape index (κ1) is 32.9. The van der Waals surface area contributed by atoms with E-state index in [0.29, 0.717) is 19.3 Å². The predicted molar refractivity (Wildman–Crippen MR) is 134 cm³/mol. The van der Waals surface area contributed by atoms with Crippen LogP contribution in [0.15, 0.2) is 0 Å². The van der Waals surface area contributed by atoms with E-state index in [1.54, 1.807) is 6.92 Å². The first-order valence-corrected chi connectivity index (χ1v) is 13.5. The minimum absolute atomic E-state index is 0.0241. The number of hydrogen-bond donors (Lipinski definition) is 0. The van der Waals surface area contributed by atoms with Gasteiger partial charge in [-0.2, -0.15) is 0 Å². The highest BCUT2D eigenvalue weighted by atomic mass is 16.6. The SMILES string of the molecule is CCCCCCOC(=O)CC(CC(=O)OCCCCCC)(OC(=O)CC)C(=O)OCCCCCC. The minimum Gasteiger partial charge on any atom is -0.466 e. The number of ether oxygens (including phenoxy) is 4. The van der Waals surface area contributed by atoms with Gasteiger partial charge in [0.2, 0.25) is 5.60 Å². The smallest absolute Gasteiger partial charge is 0.351 e. The fourth-order valence-electron chi connectivity index (χ4n) is 3.43. The van der Waals surface area contributed by atoms with Crippen LogP contribution >= 0.6 is 0 Å². The molecule has 35 heavy (non-hydrogen) atoms. The second kappa shape index (κ2) is 21.2. The average molecular weight is 501 g/mol. The first-order valence-electron chi connectivity index (χ1n) is 13.5. The molecular formula is C27H48O8. The molecule has 0 N–H and O–H groups in total. The summed E-state index contributed by atoms with van der Waals surface area (Å²) in [6, 6.07) is 0. The molecule has 0 spiro atoms. The molecule has 0 saturated heterocycles. The fraction of sp³-hybridized carbons (Fsp3) is 0.852. The molecule has 8 heteroatoms. The summed E-state index contributed by atoms with van der Waals surface area (Å²) in [6.07, 6.45) is 9.74. The zero-order chi connectivity index (χ0) is 26.4. The summed E-state index contributed by atoms with van der Waals surface area (Å²) in [7, 11) is 0. The third-order valence-corrected chi connectivity index (χ3v) is 5.58. The average Bonchev–Trinajstić information content (AvgIpc) is 2.83. The maximum atomic E-state index is 13.1. The predicted octanol–water partition coefficient (Wildman–Crippen LogP) is 5.83. The van der Waals surface area contributed by atoms with E-state index in [2.05, 4.69) is 20.8 Å². The minimum atomic E-state index is -2.10. The van der Waals surface area contributed by atoms with Crippen molar-refractivity contribution < 1.29 is 38.1 Å². The van der Waals surface area contributed by atoms with Crippen molar-refractivity contribution >= 4 is 23.9 Å². The molecule has 0 rings (SSSR count). The molecule has 0 radical (unpaired) electrons. The first-order chi connectivity index (χ1) is 16.8. The van der Waals surface area contributed by atoms with Crippen molar-refractivity contribution in [3.63, 3.8) is 0 Å². The van der Waals surface area contributed by atoms with Gasteiger partial charge in [0.15, 0.2) is 0 Å². The lowest BCUT2D eigenvalue weighted by molar-refractivity contribution is -0.191. The number of hydrogen-bond acceptors (Lipinski definition) is 8. The normalized spacial score (nSPS) is 11.1. The molecule has 0 aliphatic carbocycles. The van der Waals surface area contributed by atoms with Crippen molar-refractivity contribution in [2.24, 2.45) is 0 Å². The van der Waals surface area contributed by atoms with E-state index in [1.807, 2.05) is 0 Å². The van der Waals surface area contributed by atoms with Crippen LogP contribution < -0.4 is 0 Å². The zero-order valence-electron chi connectivity index (χ0n) is 22.5. The Kier molecular flexibility index (Phi) is 19.9. The van der Waals surface area contributed by atoms with Crippen LogP contribution in [0.4, 0.5) is 0 Å². The molecule has 0 heterocycles. The summed E-state index contributed by atoms with van der Waals surface area (Å²) < 4.78 is 21.4. The molecule has 0 aromatic carbocycles. The zero-order valence-corrected chi connectivity index (χ0v) is 22.5. The Hall–Kier alpha value is -2.12. The monoisotopic (exact) mass is 500 g/mol. The molecule has 0 atom stereocenters.